The summed E-state index contributed by atoms with van der Waals surface area (Å²) in [5.41, 5.74) is 0. The summed E-state index contributed by atoms with van der Waals surface area (Å²) in [6.07, 6.45) is 5.16. The molecule has 19 heavy (non-hydrogen) atoms. The number of hydrogen-bond donors (Lipinski definition) is 1. The Balaban J connectivity index is 1.53. The maximum atomic E-state index is 5.57. The zero-order valence-corrected chi connectivity index (χ0v) is 11.3. The van der Waals surface area contributed by atoms with Gasteiger partial charge in [0.2, 0.25) is 11.8 Å². The number of methoxy groups -OCH3 is 1. The minimum atomic E-state index is 0.301. The van der Waals surface area contributed by atoms with Crippen LogP contribution >= 0.6 is 0 Å². The SMILES string of the molecule is COc1ccnc(NCCCOCC2CCCO2)n1. The van der Waals surface area contributed by atoms with Crippen LogP contribution in [0.15, 0.2) is 12.3 Å². The zero-order chi connectivity index (χ0) is 13.3. The molecule has 1 atom stereocenters. The number of hydrogen-bond acceptors (Lipinski definition) is 6. The van der Waals surface area contributed by atoms with Gasteiger partial charge in [0.1, 0.15) is 0 Å². The quantitative estimate of drug-likeness (QED) is 0.720. The molecule has 0 saturated carbocycles. The highest BCUT2D eigenvalue weighted by Crippen LogP contribution is 2.12. The second kappa shape index (κ2) is 7.91. The lowest BCUT2D eigenvalue weighted by atomic mass is 10.2. The third-order valence-electron chi connectivity index (χ3n) is 2.92. The summed E-state index contributed by atoms with van der Waals surface area (Å²) >= 11 is 0. The average Bonchev–Trinajstić information content (AvgIpc) is 2.96. The van der Waals surface area contributed by atoms with Gasteiger partial charge < -0.3 is 19.5 Å². The van der Waals surface area contributed by atoms with E-state index in [2.05, 4.69) is 15.3 Å². The number of rotatable bonds is 8. The fraction of sp³-hybridized carbons (Fsp3) is 0.692. The van der Waals surface area contributed by atoms with E-state index in [1.54, 1.807) is 19.4 Å². The maximum Gasteiger partial charge on any atom is 0.225 e. The van der Waals surface area contributed by atoms with Crippen molar-refractivity contribution >= 4 is 5.95 Å². The molecule has 6 heteroatoms. The Hall–Kier alpha value is -1.40. The van der Waals surface area contributed by atoms with Gasteiger partial charge in [0.05, 0.1) is 19.8 Å². The van der Waals surface area contributed by atoms with Crippen molar-refractivity contribution in [3.05, 3.63) is 12.3 Å². The van der Waals surface area contributed by atoms with E-state index in [9.17, 15) is 0 Å². The highest BCUT2D eigenvalue weighted by molar-refractivity contribution is 5.26. The molecule has 2 heterocycles. The number of nitrogens with zero attached hydrogens (tertiary/aromatic N) is 2. The average molecular weight is 267 g/mol. The van der Waals surface area contributed by atoms with Crippen LogP contribution in [-0.4, -0.2) is 49.5 Å². The van der Waals surface area contributed by atoms with Crippen molar-refractivity contribution in [3.63, 3.8) is 0 Å². The van der Waals surface area contributed by atoms with Crippen molar-refractivity contribution in [2.24, 2.45) is 0 Å². The van der Waals surface area contributed by atoms with Crippen molar-refractivity contribution in [2.45, 2.75) is 25.4 Å². The first-order valence-electron chi connectivity index (χ1n) is 6.69. The second-order valence-electron chi connectivity index (χ2n) is 4.41. The monoisotopic (exact) mass is 267 g/mol. The molecule has 6 nitrogen and oxygen atoms in total. The van der Waals surface area contributed by atoms with Crippen molar-refractivity contribution in [1.29, 1.82) is 0 Å². The summed E-state index contributed by atoms with van der Waals surface area (Å²) < 4.78 is 16.1. The molecule has 1 fully saturated rings. The van der Waals surface area contributed by atoms with Gasteiger partial charge in [0, 0.05) is 32.0 Å². The van der Waals surface area contributed by atoms with Crippen molar-refractivity contribution < 1.29 is 14.2 Å². The minimum Gasteiger partial charge on any atom is -0.481 e. The van der Waals surface area contributed by atoms with Crippen LogP contribution in [0.5, 0.6) is 5.88 Å². The first kappa shape index (κ1) is 14.0. The molecule has 0 bridgehead atoms. The second-order valence-corrected chi connectivity index (χ2v) is 4.41. The number of nitrogens with one attached hydrogen (secondary N) is 1. The Bertz CT molecular complexity index is 370. The van der Waals surface area contributed by atoms with Crippen molar-refractivity contribution in [3.8, 4) is 5.88 Å². The molecule has 106 valence electrons. The first-order valence-corrected chi connectivity index (χ1v) is 6.69. The first-order chi connectivity index (χ1) is 9.38. The third-order valence-corrected chi connectivity index (χ3v) is 2.92. The highest BCUT2D eigenvalue weighted by Gasteiger charge is 2.14. The summed E-state index contributed by atoms with van der Waals surface area (Å²) in [4.78, 5) is 8.27. The van der Waals surface area contributed by atoms with Gasteiger partial charge in [-0.25, -0.2) is 4.98 Å². The van der Waals surface area contributed by atoms with Crippen LogP contribution in [0.2, 0.25) is 0 Å². The summed E-state index contributed by atoms with van der Waals surface area (Å²) in [6, 6.07) is 1.72. The van der Waals surface area contributed by atoms with Gasteiger partial charge in [0.15, 0.2) is 0 Å². The van der Waals surface area contributed by atoms with Crippen LogP contribution in [0.25, 0.3) is 0 Å². The van der Waals surface area contributed by atoms with Crippen LogP contribution in [-0.2, 0) is 9.47 Å². The van der Waals surface area contributed by atoms with Crippen LogP contribution in [0.1, 0.15) is 19.3 Å². The van der Waals surface area contributed by atoms with E-state index in [1.807, 2.05) is 0 Å². The Morgan fingerprint density at radius 2 is 2.47 bits per heavy atom. The Labute approximate surface area is 113 Å². The lowest BCUT2D eigenvalue weighted by molar-refractivity contribution is 0.0172. The molecule has 1 aromatic heterocycles. The predicted molar refractivity (Wildman–Crippen MR) is 71.5 cm³/mol. The van der Waals surface area contributed by atoms with E-state index in [1.165, 1.54) is 0 Å². The molecular formula is C13H21N3O3. The molecule has 1 aromatic rings. The molecule has 1 saturated heterocycles. The molecule has 1 aliphatic heterocycles. The third kappa shape index (κ3) is 5.00. The predicted octanol–water partition coefficient (Wildman–Crippen LogP) is 1.48. The van der Waals surface area contributed by atoms with Gasteiger partial charge >= 0.3 is 0 Å². The molecule has 2 rings (SSSR count). The smallest absolute Gasteiger partial charge is 0.225 e. The molecule has 0 amide bonds. The Morgan fingerprint density at radius 3 is 3.26 bits per heavy atom. The van der Waals surface area contributed by atoms with Gasteiger partial charge in [-0.15, -0.1) is 0 Å². The van der Waals surface area contributed by atoms with Crippen molar-refractivity contribution in [1.82, 2.24) is 9.97 Å². The topological polar surface area (TPSA) is 65.5 Å². The highest BCUT2D eigenvalue weighted by atomic mass is 16.5. The molecule has 0 spiro atoms. The minimum absolute atomic E-state index is 0.301. The summed E-state index contributed by atoms with van der Waals surface area (Å²) in [5.74, 6) is 1.14. The Kier molecular flexibility index (Phi) is 5.84. The largest absolute Gasteiger partial charge is 0.481 e. The molecule has 0 aliphatic carbocycles. The Morgan fingerprint density at radius 1 is 1.53 bits per heavy atom. The van der Waals surface area contributed by atoms with E-state index in [4.69, 9.17) is 14.2 Å². The van der Waals surface area contributed by atoms with Gasteiger partial charge in [-0.1, -0.05) is 0 Å². The molecule has 0 aromatic carbocycles. The normalized spacial score (nSPS) is 18.5. The van der Waals surface area contributed by atoms with Crippen LogP contribution in [0.4, 0.5) is 5.95 Å². The van der Waals surface area contributed by atoms with Crippen molar-refractivity contribution in [2.75, 3.05) is 38.8 Å². The number of ether oxygens (including phenoxy) is 3. The fourth-order valence-electron chi connectivity index (χ4n) is 1.91. The van der Waals surface area contributed by atoms with E-state index in [-0.39, 0.29) is 0 Å². The summed E-state index contributed by atoms with van der Waals surface area (Å²) in [5, 5.41) is 3.13. The lowest BCUT2D eigenvalue weighted by Gasteiger charge is -2.10. The molecule has 1 unspecified atom stereocenters. The number of anilines is 1. The fourth-order valence-corrected chi connectivity index (χ4v) is 1.91. The lowest BCUT2D eigenvalue weighted by Crippen LogP contribution is -2.16. The summed E-state index contributed by atoms with van der Waals surface area (Å²) in [7, 11) is 1.59. The van der Waals surface area contributed by atoms with Crippen LogP contribution < -0.4 is 10.1 Å². The molecular weight excluding hydrogens is 246 g/mol. The maximum absolute atomic E-state index is 5.57. The van der Waals surface area contributed by atoms with E-state index >= 15 is 0 Å². The van der Waals surface area contributed by atoms with Crippen LogP contribution in [0.3, 0.4) is 0 Å². The standard InChI is InChI=1S/C13H21N3O3/c1-17-12-5-7-15-13(16-12)14-6-3-8-18-10-11-4-2-9-19-11/h5,7,11H,2-4,6,8-10H2,1H3,(H,14,15,16). The van der Waals surface area contributed by atoms with E-state index in [0.717, 1.165) is 39.0 Å². The molecule has 0 radical (unpaired) electrons. The van der Waals surface area contributed by atoms with Gasteiger partial charge in [-0.2, -0.15) is 4.98 Å². The van der Waals surface area contributed by atoms with E-state index in [0.29, 0.717) is 24.5 Å². The number of aromatic nitrogens is 2. The molecule has 1 aliphatic rings. The van der Waals surface area contributed by atoms with Gasteiger partial charge in [-0.3, -0.25) is 0 Å². The van der Waals surface area contributed by atoms with Gasteiger partial charge in [0.25, 0.3) is 0 Å². The van der Waals surface area contributed by atoms with Crippen LogP contribution in [0, 0.1) is 0 Å². The van der Waals surface area contributed by atoms with E-state index < -0.39 is 0 Å². The zero-order valence-electron chi connectivity index (χ0n) is 11.3. The van der Waals surface area contributed by atoms with Gasteiger partial charge in [-0.05, 0) is 19.3 Å². The molecule has 1 N–H and O–H groups in total. The summed E-state index contributed by atoms with van der Waals surface area (Å²) in [6.45, 7) is 3.08.